The van der Waals surface area contributed by atoms with E-state index in [0.29, 0.717) is 0 Å². The van der Waals surface area contributed by atoms with Gasteiger partial charge < -0.3 is 5.32 Å². The fraction of sp³-hybridized carbons (Fsp3) is 0. The van der Waals surface area contributed by atoms with E-state index in [1.54, 1.807) is 11.3 Å². The van der Waals surface area contributed by atoms with E-state index in [0.717, 1.165) is 38.2 Å². The van der Waals surface area contributed by atoms with E-state index >= 15 is 0 Å². The molecule has 0 saturated carbocycles. The van der Waals surface area contributed by atoms with Crippen LogP contribution in [0.15, 0.2) is 109 Å². The second-order valence-corrected chi connectivity index (χ2v) is 8.57. The summed E-state index contributed by atoms with van der Waals surface area (Å²) in [5.74, 6) is 0. The highest BCUT2D eigenvalue weighted by atomic mass is 35.5. The van der Waals surface area contributed by atoms with E-state index in [-0.39, 0.29) is 0 Å². The molecule has 0 aliphatic carbocycles. The number of aromatic nitrogens is 1. The van der Waals surface area contributed by atoms with Crippen molar-refractivity contribution in [3.05, 3.63) is 114 Å². The Morgan fingerprint density at radius 3 is 1.74 bits per heavy atom. The van der Waals surface area contributed by atoms with E-state index in [2.05, 4.69) is 78.1 Å². The van der Waals surface area contributed by atoms with Crippen molar-refractivity contribution in [2.75, 3.05) is 5.32 Å². The molecule has 5 rings (SSSR count). The Kier molecular flexibility index (Phi) is 5.53. The predicted molar refractivity (Wildman–Crippen MR) is 133 cm³/mol. The summed E-state index contributed by atoms with van der Waals surface area (Å²) in [6.45, 7) is 0. The van der Waals surface area contributed by atoms with Crippen LogP contribution in [0.2, 0.25) is 5.02 Å². The second-order valence-electron chi connectivity index (χ2n) is 7.14. The first kappa shape index (κ1) is 19.6. The number of benzene rings is 4. The number of halogens is 1. The summed E-state index contributed by atoms with van der Waals surface area (Å²) in [7, 11) is 0. The van der Waals surface area contributed by atoms with Crippen LogP contribution >= 0.6 is 22.9 Å². The smallest absolute Gasteiger partial charge is 0.124 e. The molecule has 0 amide bonds. The molecule has 0 aliphatic rings. The molecule has 0 spiro atoms. The van der Waals surface area contributed by atoms with Crippen LogP contribution in [0.4, 0.5) is 11.4 Å². The summed E-state index contributed by atoms with van der Waals surface area (Å²) < 4.78 is 0. The molecular formula is C27H19ClN2S. The topological polar surface area (TPSA) is 24.9 Å². The molecule has 0 unspecified atom stereocenters. The standard InChI is InChI=1S/C27H19ClN2S/c28-22-13-17-24(18-14-22)29-23-15-11-21(12-16-23)27-30-25(19-7-3-1-4-8-19)26(31-27)20-9-5-2-6-10-20/h1-18,29H. The van der Waals surface area contributed by atoms with Crippen LogP contribution < -0.4 is 5.32 Å². The average molecular weight is 439 g/mol. The zero-order valence-electron chi connectivity index (χ0n) is 16.6. The van der Waals surface area contributed by atoms with Crippen molar-refractivity contribution < 1.29 is 0 Å². The Bertz CT molecular complexity index is 1220. The summed E-state index contributed by atoms with van der Waals surface area (Å²) in [4.78, 5) is 6.22. The molecule has 4 heteroatoms. The van der Waals surface area contributed by atoms with Crippen molar-refractivity contribution in [2.24, 2.45) is 0 Å². The molecule has 5 aromatic rings. The Morgan fingerprint density at radius 2 is 1.13 bits per heavy atom. The normalized spacial score (nSPS) is 10.7. The van der Waals surface area contributed by atoms with Crippen LogP contribution in [0.5, 0.6) is 0 Å². The Hall–Kier alpha value is -3.40. The van der Waals surface area contributed by atoms with Gasteiger partial charge in [0.1, 0.15) is 5.01 Å². The number of nitrogens with zero attached hydrogens (tertiary/aromatic N) is 1. The van der Waals surface area contributed by atoms with E-state index in [1.807, 2.05) is 36.4 Å². The first-order valence-electron chi connectivity index (χ1n) is 10.0. The van der Waals surface area contributed by atoms with Crippen LogP contribution in [0, 0.1) is 0 Å². The summed E-state index contributed by atoms with van der Waals surface area (Å²) in [6, 6.07) is 36.9. The van der Waals surface area contributed by atoms with E-state index in [9.17, 15) is 0 Å². The van der Waals surface area contributed by atoms with Crippen LogP contribution in [-0.4, -0.2) is 4.98 Å². The number of hydrogen-bond acceptors (Lipinski definition) is 3. The minimum atomic E-state index is 0.730. The lowest BCUT2D eigenvalue weighted by Crippen LogP contribution is -1.89. The highest BCUT2D eigenvalue weighted by Crippen LogP contribution is 2.40. The van der Waals surface area contributed by atoms with Crippen LogP contribution in [0.25, 0.3) is 32.3 Å². The molecule has 31 heavy (non-hydrogen) atoms. The lowest BCUT2D eigenvalue weighted by molar-refractivity contribution is 1.40. The minimum absolute atomic E-state index is 0.730. The van der Waals surface area contributed by atoms with Crippen molar-refractivity contribution in [3.8, 4) is 32.3 Å². The largest absolute Gasteiger partial charge is 0.356 e. The van der Waals surface area contributed by atoms with Gasteiger partial charge in [-0.15, -0.1) is 11.3 Å². The number of anilines is 2. The maximum atomic E-state index is 5.97. The van der Waals surface area contributed by atoms with E-state index < -0.39 is 0 Å². The first-order valence-corrected chi connectivity index (χ1v) is 11.2. The van der Waals surface area contributed by atoms with Gasteiger partial charge in [-0.3, -0.25) is 0 Å². The third-order valence-corrected chi connectivity index (χ3v) is 6.38. The minimum Gasteiger partial charge on any atom is -0.356 e. The average Bonchev–Trinajstić information content (AvgIpc) is 3.28. The molecule has 4 aromatic carbocycles. The molecule has 0 radical (unpaired) electrons. The van der Waals surface area contributed by atoms with Gasteiger partial charge in [-0.1, -0.05) is 72.3 Å². The molecule has 2 nitrogen and oxygen atoms in total. The summed E-state index contributed by atoms with van der Waals surface area (Å²) in [5, 5.41) is 5.14. The van der Waals surface area contributed by atoms with Crippen LogP contribution in [0.1, 0.15) is 0 Å². The van der Waals surface area contributed by atoms with E-state index in [4.69, 9.17) is 16.6 Å². The molecule has 0 fully saturated rings. The highest BCUT2D eigenvalue weighted by Gasteiger charge is 2.15. The van der Waals surface area contributed by atoms with Crippen molar-refractivity contribution >= 4 is 34.3 Å². The zero-order valence-corrected chi connectivity index (χ0v) is 18.2. The van der Waals surface area contributed by atoms with Crippen molar-refractivity contribution in [2.45, 2.75) is 0 Å². The quantitative estimate of drug-likeness (QED) is 0.297. The lowest BCUT2D eigenvalue weighted by Gasteiger charge is -2.07. The Balaban J connectivity index is 1.49. The maximum absolute atomic E-state index is 5.97. The molecule has 0 atom stereocenters. The van der Waals surface area contributed by atoms with Gasteiger partial charge in [-0.2, -0.15) is 0 Å². The monoisotopic (exact) mass is 438 g/mol. The van der Waals surface area contributed by atoms with Gasteiger partial charge in [0.15, 0.2) is 0 Å². The van der Waals surface area contributed by atoms with Gasteiger partial charge in [0, 0.05) is 27.5 Å². The SMILES string of the molecule is Clc1ccc(Nc2ccc(-c3nc(-c4ccccc4)c(-c4ccccc4)s3)cc2)cc1. The van der Waals surface area contributed by atoms with Crippen molar-refractivity contribution in [1.82, 2.24) is 4.98 Å². The van der Waals surface area contributed by atoms with Crippen LogP contribution in [0.3, 0.4) is 0 Å². The third kappa shape index (κ3) is 4.38. The molecular weight excluding hydrogens is 420 g/mol. The molecule has 1 aromatic heterocycles. The van der Waals surface area contributed by atoms with Gasteiger partial charge in [-0.25, -0.2) is 4.98 Å². The number of rotatable bonds is 5. The zero-order chi connectivity index (χ0) is 21.0. The van der Waals surface area contributed by atoms with Crippen molar-refractivity contribution in [3.63, 3.8) is 0 Å². The molecule has 1 N–H and O–H groups in total. The lowest BCUT2D eigenvalue weighted by atomic mass is 10.1. The molecule has 0 aliphatic heterocycles. The summed E-state index contributed by atoms with van der Waals surface area (Å²) in [6.07, 6.45) is 0. The van der Waals surface area contributed by atoms with Gasteiger partial charge >= 0.3 is 0 Å². The fourth-order valence-electron chi connectivity index (χ4n) is 3.42. The highest BCUT2D eigenvalue weighted by molar-refractivity contribution is 7.19. The van der Waals surface area contributed by atoms with E-state index in [1.165, 1.54) is 10.4 Å². The Morgan fingerprint density at radius 1 is 0.581 bits per heavy atom. The molecule has 0 saturated heterocycles. The number of thiazole rings is 1. The second kappa shape index (κ2) is 8.76. The fourth-order valence-corrected chi connectivity index (χ4v) is 4.64. The van der Waals surface area contributed by atoms with Gasteiger partial charge in [0.25, 0.3) is 0 Å². The third-order valence-electron chi connectivity index (χ3n) is 4.98. The molecule has 0 bridgehead atoms. The Labute approximate surface area is 190 Å². The summed E-state index contributed by atoms with van der Waals surface area (Å²) in [5.41, 5.74) is 6.47. The predicted octanol–water partition coefficient (Wildman–Crippen LogP) is 8.54. The first-order chi connectivity index (χ1) is 15.3. The van der Waals surface area contributed by atoms with Gasteiger partial charge in [0.2, 0.25) is 0 Å². The summed E-state index contributed by atoms with van der Waals surface area (Å²) >= 11 is 7.70. The maximum Gasteiger partial charge on any atom is 0.124 e. The number of nitrogens with one attached hydrogen (secondary N) is 1. The molecule has 150 valence electrons. The van der Waals surface area contributed by atoms with Crippen LogP contribution in [-0.2, 0) is 0 Å². The van der Waals surface area contributed by atoms with Gasteiger partial charge in [0.05, 0.1) is 10.6 Å². The molecule has 1 heterocycles. The van der Waals surface area contributed by atoms with Gasteiger partial charge in [-0.05, 0) is 54.1 Å². The van der Waals surface area contributed by atoms with Crippen molar-refractivity contribution in [1.29, 1.82) is 0 Å². The number of hydrogen-bond donors (Lipinski definition) is 1.